The standard InChI is InChI=1S/C9H12N4O/c10-5-9-8(11)6-12-13(9)7-1-3-14-4-2-7/h6-7H,1-4,11H2. The van der Waals surface area contributed by atoms with E-state index in [2.05, 4.69) is 11.2 Å². The van der Waals surface area contributed by atoms with Gasteiger partial charge < -0.3 is 10.5 Å². The Morgan fingerprint density at radius 1 is 1.57 bits per heavy atom. The highest BCUT2D eigenvalue weighted by atomic mass is 16.5. The van der Waals surface area contributed by atoms with Crippen molar-refractivity contribution in [3.63, 3.8) is 0 Å². The Kier molecular flexibility index (Phi) is 2.37. The first-order valence-corrected chi connectivity index (χ1v) is 4.63. The van der Waals surface area contributed by atoms with Crippen LogP contribution in [0.15, 0.2) is 6.20 Å². The molecule has 0 unspecified atom stereocenters. The molecule has 2 heterocycles. The maximum absolute atomic E-state index is 8.90. The van der Waals surface area contributed by atoms with Crippen LogP contribution in [-0.4, -0.2) is 23.0 Å². The minimum absolute atomic E-state index is 0.260. The van der Waals surface area contributed by atoms with Gasteiger partial charge in [-0.3, -0.25) is 0 Å². The monoisotopic (exact) mass is 192 g/mol. The van der Waals surface area contributed by atoms with E-state index < -0.39 is 0 Å². The van der Waals surface area contributed by atoms with Gasteiger partial charge in [0.15, 0.2) is 5.69 Å². The third-order valence-corrected chi connectivity index (χ3v) is 2.47. The van der Waals surface area contributed by atoms with Gasteiger partial charge in [-0.1, -0.05) is 0 Å². The van der Waals surface area contributed by atoms with Crippen LogP contribution in [0.2, 0.25) is 0 Å². The van der Waals surface area contributed by atoms with Crippen molar-refractivity contribution in [2.24, 2.45) is 0 Å². The molecule has 2 N–H and O–H groups in total. The molecule has 0 radical (unpaired) electrons. The summed E-state index contributed by atoms with van der Waals surface area (Å²) in [5, 5.41) is 13.0. The molecule has 0 spiro atoms. The van der Waals surface area contributed by atoms with E-state index in [0.717, 1.165) is 26.1 Å². The Bertz CT molecular complexity index is 359. The Balaban J connectivity index is 2.26. The first-order chi connectivity index (χ1) is 6.83. The van der Waals surface area contributed by atoms with Crippen molar-refractivity contribution < 1.29 is 4.74 Å². The number of anilines is 1. The second kappa shape index (κ2) is 3.68. The van der Waals surface area contributed by atoms with Crippen LogP contribution < -0.4 is 5.73 Å². The van der Waals surface area contributed by atoms with Gasteiger partial charge in [0.05, 0.1) is 17.9 Å². The second-order valence-corrected chi connectivity index (χ2v) is 3.35. The lowest BCUT2D eigenvalue weighted by molar-refractivity contribution is 0.0660. The minimum Gasteiger partial charge on any atom is -0.395 e. The summed E-state index contributed by atoms with van der Waals surface area (Å²) < 4.78 is 6.97. The zero-order valence-corrected chi connectivity index (χ0v) is 7.81. The van der Waals surface area contributed by atoms with E-state index in [4.69, 9.17) is 15.7 Å². The fourth-order valence-electron chi connectivity index (χ4n) is 1.70. The smallest absolute Gasteiger partial charge is 0.161 e. The number of nitrogens with zero attached hydrogens (tertiary/aromatic N) is 3. The Morgan fingerprint density at radius 3 is 2.93 bits per heavy atom. The normalized spacial score (nSPS) is 17.9. The molecule has 74 valence electrons. The molecule has 1 fully saturated rings. The fourth-order valence-corrected chi connectivity index (χ4v) is 1.70. The van der Waals surface area contributed by atoms with Crippen LogP contribution in [0.25, 0.3) is 0 Å². The second-order valence-electron chi connectivity index (χ2n) is 3.35. The Morgan fingerprint density at radius 2 is 2.29 bits per heavy atom. The van der Waals surface area contributed by atoms with Crippen LogP contribution in [0.3, 0.4) is 0 Å². The van der Waals surface area contributed by atoms with Gasteiger partial charge in [0, 0.05) is 13.2 Å². The molecule has 0 amide bonds. The Hall–Kier alpha value is -1.54. The maximum Gasteiger partial charge on any atom is 0.161 e. The predicted octanol–water partition coefficient (Wildman–Crippen LogP) is 0.688. The summed E-state index contributed by atoms with van der Waals surface area (Å²) in [4.78, 5) is 0. The van der Waals surface area contributed by atoms with Crippen LogP contribution in [0.1, 0.15) is 24.6 Å². The topological polar surface area (TPSA) is 76.9 Å². The molecular formula is C9H12N4O. The molecular weight excluding hydrogens is 180 g/mol. The van der Waals surface area contributed by atoms with E-state index in [0.29, 0.717) is 11.4 Å². The lowest BCUT2D eigenvalue weighted by atomic mass is 10.1. The molecule has 0 aliphatic carbocycles. The zero-order valence-electron chi connectivity index (χ0n) is 7.81. The number of hydrogen-bond donors (Lipinski definition) is 1. The highest BCUT2D eigenvalue weighted by Gasteiger charge is 2.20. The van der Waals surface area contributed by atoms with Gasteiger partial charge >= 0.3 is 0 Å². The first-order valence-electron chi connectivity index (χ1n) is 4.63. The van der Waals surface area contributed by atoms with Crippen LogP contribution in [0.5, 0.6) is 0 Å². The molecule has 5 nitrogen and oxygen atoms in total. The van der Waals surface area contributed by atoms with Gasteiger partial charge in [-0.25, -0.2) is 4.68 Å². The van der Waals surface area contributed by atoms with Crippen molar-refractivity contribution in [2.75, 3.05) is 18.9 Å². The summed E-state index contributed by atoms with van der Waals surface area (Å²) in [6.07, 6.45) is 3.33. The molecule has 0 saturated carbocycles. The number of nitrogens with two attached hydrogens (primary N) is 1. The number of rotatable bonds is 1. The zero-order chi connectivity index (χ0) is 9.97. The third kappa shape index (κ3) is 1.44. The number of nitriles is 1. The molecule has 1 aromatic heterocycles. The average molecular weight is 192 g/mol. The van der Waals surface area contributed by atoms with Crippen LogP contribution in [0.4, 0.5) is 5.69 Å². The quantitative estimate of drug-likeness (QED) is 0.710. The summed E-state index contributed by atoms with van der Waals surface area (Å²) in [7, 11) is 0. The van der Waals surface area contributed by atoms with Gasteiger partial charge in [0.25, 0.3) is 0 Å². The summed E-state index contributed by atoms with van der Waals surface area (Å²) >= 11 is 0. The van der Waals surface area contributed by atoms with Crippen molar-refractivity contribution in [3.8, 4) is 6.07 Å². The SMILES string of the molecule is N#Cc1c(N)cnn1C1CCOCC1. The van der Waals surface area contributed by atoms with Crippen LogP contribution >= 0.6 is 0 Å². The van der Waals surface area contributed by atoms with Gasteiger partial charge in [0.1, 0.15) is 6.07 Å². The molecule has 1 saturated heterocycles. The number of ether oxygens (including phenoxy) is 1. The van der Waals surface area contributed by atoms with E-state index in [-0.39, 0.29) is 6.04 Å². The molecule has 1 aromatic rings. The van der Waals surface area contributed by atoms with Crippen molar-refractivity contribution >= 4 is 5.69 Å². The highest BCUT2D eigenvalue weighted by Crippen LogP contribution is 2.23. The van der Waals surface area contributed by atoms with Crippen LogP contribution in [-0.2, 0) is 4.74 Å². The Labute approximate surface area is 82.1 Å². The largest absolute Gasteiger partial charge is 0.395 e. The van der Waals surface area contributed by atoms with E-state index in [1.54, 1.807) is 4.68 Å². The molecule has 1 aliphatic heterocycles. The maximum atomic E-state index is 8.90. The molecule has 14 heavy (non-hydrogen) atoms. The van der Waals surface area contributed by atoms with E-state index >= 15 is 0 Å². The molecule has 2 rings (SSSR count). The van der Waals surface area contributed by atoms with Crippen molar-refractivity contribution in [2.45, 2.75) is 18.9 Å². The van der Waals surface area contributed by atoms with Crippen molar-refractivity contribution in [3.05, 3.63) is 11.9 Å². The molecule has 1 aliphatic rings. The predicted molar refractivity (Wildman–Crippen MR) is 50.4 cm³/mol. The highest BCUT2D eigenvalue weighted by molar-refractivity contribution is 5.48. The summed E-state index contributed by atoms with van der Waals surface area (Å²) in [5.41, 5.74) is 6.55. The lowest BCUT2D eigenvalue weighted by Crippen LogP contribution is -2.21. The summed E-state index contributed by atoms with van der Waals surface area (Å²) in [6.45, 7) is 1.46. The molecule has 0 atom stereocenters. The lowest BCUT2D eigenvalue weighted by Gasteiger charge is -2.22. The van der Waals surface area contributed by atoms with Gasteiger partial charge in [0.2, 0.25) is 0 Å². The number of nitrogen functional groups attached to an aromatic ring is 1. The fraction of sp³-hybridized carbons (Fsp3) is 0.556. The van der Waals surface area contributed by atoms with Gasteiger partial charge in [-0.05, 0) is 12.8 Å². The van der Waals surface area contributed by atoms with Gasteiger partial charge in [-0.15, -0.1) is 0 Å². The summed E-state index contributed by atoms with van der Waals surface area (Å²) in [6, 6.07) is 2.34. The minimum atomic E-state index is 0.260. The van der Waals surface area contributed by atoms with E-state index in [9.17, 15) is 0 Å². The van der Waals surface area contributed by atoms with E-state index in [1.807, 2.05) is 0 Å². The van der Waals surface area contributed by atoms with Gasteiger partial charge in [-0.2, -0.15) is 10.4 Å². The van der Waals surface area contributed by atoms with Crippen LogP contribution in [0, 0.1) is 11.3 Å². The third-order valence-electron chi connectivity index (χ3n) is 2.47. The average Bonchev–Trinajstić information content (AvgIpc) is 2.61. The summed E-state index contributed by atoms with van der Waals surface area (Å²) in [5.74, 6) is 0. The van der Waals surface area contributed by atoms with E-state index in [1.165, 1.54) is 6.20 Å². The molecule has 0 bridgehead atoms. The van der Waals surface area contributed by atoms with Crippen molar-refractivity contribution in [1.82, 2.24) is 9.78 Å². The number of hydrogen-bond acceptors (Lipinski definition) is 4. The van der Waals surface area contributed by atoms with Crippen molar-refractivity contribution in [1.29, 1.82) is 5.26 Å². The molecule has 5 heteroatoms. The molecule has 0 aromatic carbocycles. The number of aromatic nitrogens is 2. The first kappa shape index (κ1) is 9.03.